The van der Waals surface area contributed by atoms with E-state index in [0.29, 0.717) is 25.1 Å². The summed E-state index contributed by atoms with van der Waals surface area (Å²) in [6.07, 6.45) is 8.03. The lowest BCUT2D eigenvalue weighted by Gasteiger charge is -2.40. The van der Waals surface area contributed by atoms with Crippen LogP contribution in [0.15, 0.2) is 40.3 Å². The summed E-state index contributed by atoms with van der Waals surface area (Å²) >= 11 is 1.56. The molecule has 2 heterocycles. The maximum absolute atomic E-state index is 13.3. The molecule has 2 aromatic rings. The van der Waals surface area contributed by atoms with Crippen LogP contribution in [0.2, 0.25) is 0 Å². The van der Waals surface area contributed by atoms with Crippen LogP contribution in [0.1, 0.15) is 63.0 Å². The normalized spacial score (nSPS) is 17.1. The van der Waals surface area contributed by atoms with Crippen LogP contribution in [0.5, 0.6) is 0 Å². The van der Waals surface area contributed by atoms with Gasteiger partial charge < -0.3 is 14.6 Å². The largest absolute Gasteiger partial charge is 0.467 e. The molecule has 6 heteroatoms. The fourth-order valence-electron chi connectivity index (χ4n) is 3.82. The van der Waals surface area contributed by atoms with Crippen molar-refractivity contribution < 1.29 is 14.0 Å². The predicted molar refractivity (Wildman–Crippen MR) is 111 cm³/mol. The zero-order chi connectivity index (χ0) is 20.0. The number of furan rings is 1. The second-order valence-electron chi connectivity index (χ2n) is 7.75. The lowest BCUT2D eigenvalue weighted by molar-refractivity contribution is -0.148. The van der Waals surface area contributed by atoms with Gasteiger partial charge in [-0.05, 0) is 49.8 Å². The SMILES string of the molecule is CC[C@@](C)(C(=O)NC1CCCCC1)N(Cc1ccco1)C(=O)Cc1cccs1. The average Bonchev–Trinajstić information content (AvgIpc) is 3.40. The smallest absolute Gasteiger partial charge is 0.245 e. The van der Waals surface area contributed by atoms with Gasteiger partial charge in [0.25, 0.3) is 0 Å². The first-order valence-electron chi connectivity index (χ1n) is 10.2. The third-order valence-electron chi connectivity index (χ3n) is 5.81. The van der Waals surface area contributed by atoms with Crippen LogP contribution in [0, 0.1) is 0 Å². The highest BCUT2D eigenvalue weighted by Gasteiger charge is 2.41. The molecule has 1 saturated carbocycles. The molecule has 0 saturated heterocycles. The van der Waals surface area contributed by atoms with E-state index >= 15 is 0 Å². The first-order valence-corrected chi connectivity index (χ1v) is 11.1. The summed E-state index contributed by atoms with van der Waals surface area (Å²) in [5.74, 6) is 0.569. The van der Waals surface area contributed by atoms with Crippen LogP contribution in [0.4, 0.5) is 0 Å². The number of hydrogen-bond acceptors (Lipinski definition) is 4. The van der Waals surface area contributed by atoms with Gasteiger partial charge in [-0.25, -0.2) is 0 Å². The van der Waals surface area contributed by atoms with Gasteiger partial charge in [-0.15, -0.1) is 11.3 Å². The van der Waals surface area contributed by atoms with Crippen molar-refractivity contribution in [2.75, 3.05) is 0 Å². The highest BCUT2D eigenvalue weighted by atomic mass is 32.1. The number of carbonyl (C=O) groups excluding carboxylic acids is 2. The fraction of sp³-hybridized carbons (Fsp3) is 0.545. The Kier molecular flexibility index (Phi) is 6.94. The maximum Gasteiger partial charge on any atom is 0.245 e. The van der Waals surface area contributed by atoms with Crippen LogP contribution < -0.4 is 5.32 Å². The minimum absolute atomic E-state index is 0.0537. The molecule has 0 radical (unpaired) electrons. The molecule has 2 aromatic heterocycles. The predicted octanol–water partition coefficient (Wildman–Crippen LogP) is 4.53. The summed E-state index contributed by atoms with van der Waals surface area (Å²) in [4.78, 5) is 29.3. The molecule has 152 valence electrons. The van der Waals surface area contributed by atoms with Gasteiger partial charge >= 0.3 is 0 Å². The van der Waals surface area contributed by atoms with Crippen molar-refractivity contribution in [1.82, 2.24) is 10.2 Å². The van der Waals surface area contributed by atoms with E-state index in [1.165, 1.54) is 6.42 Å². The number of hydrogen-bond donors (Lipinski definition) is 1. The Morgan fingerprint density at radius 2 is 2.04 bits per heavy atom. The molecule has 1 atom stereocenters. The number of nitrogens with one attached hydrogen (secondary N) is 1. The van der Waals surface area contributed by atoms with E-state index in [9.17, 15) is 9.59 Å². The summed E-state index contributed by atoms with van der Waals surface area (Å²) in [6, 6.07) is 7.77. The van der Waals surface area contributed by atoms with Crippen LogP contribution in [0.25, 0.3) is 0 Å². The van der Waals surface area contributed by atoms with Gasteiger partial charge in [0.2, 0.25) is 11.8 Å². The lowest BCUT2D eigenvalue weighted by Crippen LogP contribution is -2.60. The lowest BCUT2D eigenvalue weighted by atomic mass is 9.91. The van der Waals surface area contributed by atoms with Crippen molar-refractivity contribution in [2.24, 2.45) is 0 Å². The molecule has 28 heavy (non-hydrogen) atoms. The first kappa shape index (κ1) is 20.6. The summed E-state index contributed by atoms with van der Waals surface area (Å²) in [6.45, 7) is 4.13. The quantitative estimate of drug-likeness (QED) is 0.706. The Morgan fingerprint density at radius 1 is 1.25 bits per heavy atom. The van der Waals surface area contributed by atoms with Crippen molar-refractivity contribution in [3.05, 3.63) is 46.5 Å². The third-order valence-corrected chi connectivity index (χ3v) is 6.69. The molecule has 3 rings (SSSR count). The Labute approximate surface area is 171 Å². The molecule has 0 spiro atoms. The number of nitrogens with zero attached hydrogens (tertiary/aromatic N) is 1. The number of amides is 2. The molecule has 1 aliphatic carbocycles. The van der Waals surface area contributed by atoms with Gasteiger partial charge in [-0.2, -0.15) is 0 Å². The van der Waals surface area contributed by atoms with Crippen LogP contribution in [0.3, 0.4) is 0 Å². The second-order valence-corrected chi connectivity index (χ2v) is 8.78. The Hall–Kier alpha value is -2.08. The minimum Gasteiger partial charge on any atom is -0.467 e. The van der Waals surface area contributed by atoms with Gasteiger partial charge in [0.1, 0.15) is 11.3 Å². The first-order chi connectivity index (χ1) is 13.5. The van der Waals surface area contributed by atoms with Crippen molar-refractivity contribution in [1.29, 1.82) is 0 Å². The van der Waals surface area contributed by atoms with Gasteiger partial charge in [-0.3, -0.25) is 9.59 Å². The molecule has 1 fully saturated rings. The van der Waals surface area contributed by atoms with Gasteiger partial charge in [-0.1, -0.05) is 32.3 Å². The highest BCUT2D eigenvalue weighted by Crippen LogP contribution is 2.26. The Balaban J connectivity index is 1.81. The molecule has 5 nitrogen and oxygen atoms in total. The molecular formula is C22H30N2O3S. The standard InChI is InChI=1S/C22H30N2O3S/c1-3-22(2,21(26)23-17-9-5-4-6-10-17)24(16-18-11-7-13-27-18)20(25)15-19-12-8-14-28-19/h7-8,11-14,17H,3-6,9-10,15-16H2,1-2H3,(H,23,26)/t22-/m0/s1. The van der Waals surface area contributed by atoms with E-state index in [0.717, 1.165) is 30.6 Å². The average molecular weight is 403 g/mol. The van der Waals surface area contributed by atoms with Crippen LogP contribution >= 0.6 is 11.3 Å². The fourth-order valence-corrected chi connectivity index (χ4v) is 4.51. The molecule has 0 bridgehead atoms. The minimum atomic E-state index is -0.918. The summed E-state index contributed by atoms with van der Waals surface area (Å²) in [5, 5.41) is 5.19. The van der Waals surface area contributed by atoms with E-state index in [2.05, 4.69) is 5.32 Å². The number of carbonyl (C=O) groups is 2. The van der Waals surface area contributed by atoms with E-state index in [1.807, 2.05) is 43.5 Å². The summed E-state index contributed by atoms with van der Waals surface area (Å²) < 4.78 is 5.50. The topological polar surface area (TPSA) is 62.6 Å². The van der Waals surface area contributed by atoms with Crippen molar-refractivity contribution >= 4 is 23.2 Å². The van der Waals surface area contributed by atoms with E-state index in [4.69, 9.17) is 4.42 Å². The van der Waals surface area contributed by atoms with Crippen LogP contribution in [-0.2, 0) is 22.6 Å². The van der Waals surface area contributed by atoms with E-state index in [-0.39, 0.29) is 17.9 Å². The maximum atomic E-state index is 13.3. The van der Waals surface area contributed by atoms with Crippen molar-refractivity contribution in [3.8, 4) is 0 Å². The zero-order valence-electron chi connectivity index (χ0n) is 16.8. The second kappa shape index (κ2) is 9.41. The zero-order valence-corrected chi connectivity index (χ0v) is 17.6. The highest BCUT2D eigenvalue weighted by molar-refractivity contribution is 7.10. The summed E-state index contributed by atoms with van der Waals surface area (Å²) in [5.41, 5.74) is -0.918. The third kappa shape index (κ3) is 4.85. The molecule has 1 aliphatic rings. The summed E-state index contributed by atoms with van der Waals surface area (Å²) in [7, 11) is 0. The van der Waals surface area contributed by atoms with E-state index < -0.39 is 5.54 Å². The van der Waals surface area contributed by atoms with Gasteiger partial charge in [0.15, 0.2) is 0 Å². The monoisotopic (exact) mass is 402 g/mol. The van der Waals surface area contributed by atoms with Crippen molar-refractivity contribution in [3.63, 3.8) is 0 Å². The van der Waals surface area contributed by atoms with Crippen molar-refractivity contribution in [2.45, 2.75) is 76.9 Å². The number of rotatable bonds is 8. The Morgan fingerprint density at radius 3 is 2.64 bits per heavy atom. The Bertz CT molecular complexity index is 751. The van der Waals surface area contributed by atoms with Gasteiger partial charge in [0, 0.05) is 10.9 Å². The molecule has 0 unspecified atom stereocenters. The number of thiophene rings is 1. The molecule has 0 aromatic carbocycles. The molecule has 2 amide bonds. The molecule has 1 N–H and O–H groups in total. The van der Waals surface area contributed by atoms with E-state index in [1.54, 1.807) is 22.5 Å². The molecule has 0 aliphatic heterocycles. The van der Waals surface area contributed by atoms with Gasteiger partial charge in [0.05, 0.1) is 19.2 Å². The molecular weight excluding hydrogens is 372 g/mol. The van der Waals surface area contributed by atoms with Crippen LogP contribution in [-0.4, -0.2) is 28.3 Å².